The van der Waals surface area contributed by atoms with Crippen molar-refractivity contribution in [2.45, 2.75) is 19.3 Å². The minimum Gasteiger partial charge on any atom is -0.371 e. The smallest absolute Gasteiger partial charge is 0.176 e. The van der Waals surface area contributed by atoms with Gasteiger partial charge in [0.2, 0.25) is 0 Å². The summed E-state index contributed by atoms with van der Waals surface area (Å²) < 4.78 is 9.83. The first kappa shape index (κ1) is 7.72. The molecule has 2 atom stereocenters. The third-order valence-corrected chi connectivity index (χ3v) is 1.26. The molecular weight excluding hydrogens is 132 g/mol. The fourth-order valence-corrected chi connectivity index (χ4v) is 0.505. The van der Waals surface area contributed by atoms with Gasteiger partial charge in [-0.2, -0.15) is 0 Å². The quantitative estimate of drug-likeness (QED) is 0.350. The third-order valence-electron chi connectivity index (χ3n) is 1.26. The van der Waals surface area contributed by atoms with E-state index in [1.807, 2.05) is 0 Å². The topological polar surface area (TPSA) is 42.0 Å². The lowest BCUT2D eigenvalue weighted by atomic mass is 10.3. The Labute approximate surface area is 60.3 Å². The van der Waals surface area contributed by atoms with Crippen LogP contribution < -0.4 is 0 Å². The fraction of sp³-hybridized carbons (Fsp3) is 0.714. The zero-order valence-corrected chi connectivity index (χ0v) is 6.04. The van der Waals surface area contributed by atoms with Crippen molar-refractivity contribution in [2.24, 2.45) is 0 Å². The third kappa shape index (κ3) is 2.47. The van der Waals surface area contributed by atoms with Gasteiger partial charge in [0.1, 0.15) is 6.10 Å². The van der Waals surface area contributed by atoms with Crippen LogP contribution in [-0.2, 0) is 9.47 Å². The number of aliphatic hydroxyl groups excluding tert-OH is 1. The molecule has 2 unspecified atom stereocenters. The van der Waals surface area contributed by atoms with Crippen LogP contribution in [-0.4, -0.2) is 30.7 Å². The van der Waals surface area contributed by atoms with Gasteiger partial charge in [0.05, 0.1) is 13.2 Å². The lowest BCUT2D eigenvalue weighted by Crippen LogP contribution is -2.15. The molecule has 10 heavy (non-hydrogen) atoms. The highest BCUT2D eigenvalue weighted by molar-refractivity contribution is 4.91. The van der Waals surface area contributed by atoms with Crippen LogP contribution in [0.2, 0.25) is 0 Å². The molecule has 0 aliphatic carbocycles. The zero-order chi connectivity index (χ0) is 7.56. The van der Waals surface area contributed by atoms with Crippen LogP contribution >= 0.6 is 0 Å². The molecule has 1 rings (SSSR count). The Morgan fingerprint density at radius 1 is 2.00 bits per heavy atom. The summed E-state index contributed by atoms with van der Waals surface area (Å²) in [5, 5.41) is 9.03. The van der Waals surface area contributed by atoms with Gasteiger partial charge < -0.3 is 14.6 Å². The molecule has 0 bridgehead atoms. The predicted molar refractivity (Wildman–Crippen MR) is 36.5 cm³/mol. The number of hydrogen-bond acceptors (Lipinski definition) is 3. The molecule has 1 aliphatic rings. The van der Waals surface area contributed by atoms with Gasteiger partial charge in [0, 0.05) is 0 Å². The Bertz CT molecular complexity index is 129. The Kier molecular flexibility index (Phi) is 2.43. The van der Waals surface area contributed by atoms with E-state index < -0.39 is 6.29 Å². The van der Waals surface area contributed by atoms with E-state index in [2.05, 4.69) is 6.58 Å². The second-order valence-corrected chi connectivity index (χ2v) is 2.49. The van der Waals surface area contributed by atoms with Gasteiger partial charge in [-0.05, 0) is 12.5 Å². The van der Waals surface area contributed by atoms with Crippen molar-refractivity contribution in [1.82, 2.24) is 0 Å². The summed E-state index contributed by atoms with van der Waals surface area (Å²) >= 11 is 0. The highest BCUT2D eigenvalue weighted by atomic mass is 16.6. The molecule has 0 aromatic carbocycles. The number of epoxide rings is 1. The SMILES string of the molecule is C=C(C)C(O)OCC1CO1. The van der Waals surface area contributed by atoms with Gasteiger partial charge in [-0.15, -0.1) is 0 Å². The van der Waals surface area contributed by atoms with E-state index in [0.717, 1.165) is 6.61 Å². The van der Waals surface area contributed by atoms with E-state index in [0.29, 0.717) is 12.2 Å². The van der Waals surface area contributed by atoms with Gasteiger partial charge in [0.15, 0.2) is 6.29 Å². The fourth-order valence-electron chi connectivity index (χ4n) is 0.505. The van der Waals surface area contributed by atoms with E-state index in [1.54, 1.807) is 6.92 Å². The van der Waals surface area contributed by atoms with Crippen molar-refractivity contribution in [3.05, 3.63) is 12.2 Å². The van der Waals surface area contributed by atoms with Crippen molar-refractivity contribution in [3.8, 4) is 0 Å². The first-order valence-corrected chi connectivity index (χ1v) is 3.27. The molecule has 1 fully saturated rings. The highest BCUT2D eigenvalue weighted by Gasteiger charge is 2.23. The lowest BCUT2D eigenvalue weighted by Gasteiger charge is -2.09. The van der Waals surface area contributed by atoms with Crippen molar-refractivity contribution in [3.63, 3.8) is 0 Å². The van der Waals surface area contributed by atoms with Crippen molar-refractivity contribution >= 4 is 0 Å². The van der Waals surface area contributed by atoms with Gasteiger partial charge in [0.25, 0.3) is 0 Å². The summed E-state index contributed by atoms with van der Waals surface area (Å²) in [6.45, 7) is 6.48. The van der Waals surface area contributed by atoms with Gasteiger partial charge in [-0.3, -0.25) is 0 Å². The van der Waals surface area contributed by atoms with E-state index in [1.165, 1.54) is 0 Å². The molecule has 1 heterocycles. The maximum Gasteiger partial charge on any atom is 0.176 e. The van der Waals surface area contributed by atoms with E-state index in [-0.39, 0.29) is 6.10 Å². The molecule has 3 nitrogen and oxygen atoms in total. The van der Waals surface area contributed by atoms with Crippen molar-refractivity contribution in [2.75, 3.05) is 13.2 Å². The molecular formula is C7H12O3. The second kappa shape index (κ2) is 3.14. The maximum atomic E-state index is 9.03. The number of aliphatic hydroxyl groups is 1. The molecule has 0 spiro atoms. The number of rotatable bonds is 4. The number of hydrogen-bond donors (Lipinski definition) is 1. The molecule has 0 saturated carbocycles. The lowest BCUT2D eigenvalue weighted by molar-refractivity contribution is -0.0758. The second-order valence-electron chi connectivity index (χ2n) is 2.49. The van der Waals surface area contributed by atoms with Crippen LogP contribution in [0.25, 0.3) is 0 Å². The maximum absolute atomic E-state index is 9.03. The summed E-state index contributed by atoms with van der Waals surface area (Å²) in [4.78, 5) is 0. The molecule has 0 amide bonds. The molecule has 1 saturated heterocycles. The summed E-state index contributed by atoms with van der Waals surface area (Å²) in [6, 6.07) is 0. The van der Waals surface area contributed by atoms with Gasteiger partial charge in [-0.25, -0.2) is 0 Å². The number of ether oxygens (including phenoxy) is 2. The Morgan fingerprint density at radius 3 is 3.00 bits per heavy atom. The molecule has 1 aliphatic heterocycles. The minimum atomic E-state index is -0.829. The Balaban J connectivity index is 2.05. The van der Waals surface area contributed by atoms with Crippen LogP contribution in [0.3, 0.4) is 0 Å². The largest absolute Gasteiger partial charge is 0.371 e. The monoisotopic (exact) mass is 144 g/mol. The van der Waals surface area contributed by atoms with Crippen molar-refractivity contribution in [1.29, 1.82) is 0 Å². The first-order chi connectivity index (χ1) is 4.70. The van der Waals surface area contributed by atoms with Crippen LogP contribution in [0.15, 0.2) is 12.2 Å². The zero-order valence-electron chi connectivity index (χ0n) is 6.04. The van der Waals surface area contributed by atoms with E-state index in [9.17, 15) is 0 Å². The normalized spacial score (nSPS) is 26.0. The first-order valence-electron chi connectivity index (χ1n) is 3.27. The Morgan fingerprint density at radius 2 is 2.60 bits per heavy atom. The van der Waals surface area contributed by atoms with Gasteiger partial charge >= 0.3 is 0 Å². The molecule has 1 N–H and O–H groups in total. The molecule has 0 radical (unpaired) electrons. The summed E-state index contributed by atoms with van der Waals surface area (Å²) in [5.74, 6) is 0. The van der Waals surface area contributed by atoms with Crippen molar-refractivity contribution < 1.29 is 14.6 Å². The van der Waals surface area contributed by atoms with E-state index in [4.69, 9.17) is 14.6 Å². The predicted octanol–water partition coefficient (Wildman–Crippen LogP) is 0.296. The van der Waals surface area contributed by atoms with Crippen LogP contribution in [0.1, 0.15) is 6.92 Å². The highest BCUT2D eigenvalue weighted by Crippen LogP contribution is 2.10. The molecule has 0 aromatic rings. The summed E-state index contributed by atoms with van der Waals surface area (Å²) in [6.07, 6.45) is -0.627. The van der Waals surface area contributed by atoms with Gasteiger partial charge in [-0.1, -0.05) is 6.58 Å². The standard InChI is InChI=1S/C7H12O3/c1-5(2)7(8)10-4-6-3-9-6/h6-8H,1,3-4H2,2H3. The van der Waals surface area contributed by atoms with Crippen LogP contribution in [0.4, 0.5) is 0 Å². The average Bonchev–Trinajstić information content (AvgIpc) is 2.64. The Hall–Kier alpha value is -0.380. The van der Waals surface area contributed by atoms with E-state index >= 15 is 0 Å². The molecule has 58 valence electrons. The minimum absolute atomic E-state index is 0.203. The molecule has 3 heteroatoms. The molecule has 0 aromatic heterocycles. The summed E-state index contributed by atoms with van der Waals surface area (Å²) in [7, 11) is 0. The van der Waals surface area contributed by atoms with Crippen LogP contribution in [0.5, 0.6) is 0 Å². The summed E-state index contributed by atoms with van der Waals surface area (Å²) in [5.41, 5.74) is 0.626. The van der Waals surface area contributed by atoms with Crippen LogP contribution in [0, 0.1) is 0 Å². The average molecular weight is 144 g/mol.